The first-order valence-corrected chi connectivity index (χ1v) is 13.3. The van der Waals surface area contributed by atoms with Gasteiger partial charge in [-0.1, -0.05) is 24.6 Å². The summed E-state index contributed by atoms with van der Waals surface area (Å²) in [4.78, 5) is 17.6. The normalized spacial score (nSPS) is 28.1. The number of amidine groups is 1. The summed E-state index contributed by atoms with van der Waals surface area (Å²) < 4.78 is 8.28. The van der Waals surface area contributed by atoms with Crippen molar-refractivity contribution in [2.24, 2.45) is 21.1 Å². The molecule has 3 N–H and O–H groups in total. The number of aliphatic imine (C=N–C) groups is 2. The zero-order chi connectivity index (χ0) is 27.5. The van der Waals surface area contributed by atoms with Crippen molar-refractivity contribution in [3.63, 3.8) is 0 Å². The van der Waals surface area contributed by atoms with Crippen LogP contribution in [0.1, 0.15) is 53.0 Å². The van der Waals surface area contributed by atoms with Crippen LogP contribution in [0.5, 0.6) is 0 Å². The van der Waals surface area contributed by atoms with Crippen LogP contribution in [-0.4, -0.2) is 76.3 Å². The largest absolute Gasteiger partial charge is 0.493 e. The molecule has 0 saturated carbocycles. The predicted octanol–water partition coefficient (Wildman–Crippen LogP) is 4.06. The fraction of sp³-hybridized carbons (Fsp3) is 0.571. The number of hydrogen-bond donors (Lipinski definition) is 2. The maximum absolute atomic E-state index is 6.26. The summed E-state index contributed by atoms with van der Waals surface area (Å²) >= 11 is 0. The molecule has 0 aromatic carbocycles. The number of allylic oxidation sites excluding steroid dienone is 1. The summed E-state index contributed by atoms with van der Waals surface area (Å²) in [5.74, 6) is 1.37. The van der Waals surface area contributed by atoms with Crippen molar-refractivity contribution in [1.29, 1.82) is 0 Å². The Balaban J connectivity index is 1.54. The number of ether oxygens (including phenoxy) is 1. The van der Waals surface area contributed by atoms with Crippen LogP contribution in [0.4, 0.5) is 5.69 Å². The zero-order valence-corrected chi connectivity index (χ0v) is 23.4. The first-order valence-electron chi connectivity index (χ1n) is 13.3. The van der Waals surface area contributed by atoms with Gasteiger partial charge in [-0.25, -0.2) is 10.3 Å². The number of piperidine rings is 1. The lowest BCUT2D eigenvalue weighted by atomic mass is 9.73. The van der Waals surface area contributed by atoms with Gasteiger partial charge in [0.1, 0.15) is 30.1 Å². The van der Waals surface area contributed by atoms with Crippen LogP contribution in [0.25, 0.3) is 4.85 Å². The topological polar surface area (TPSA) is 101 Å². The van der Waals surface area contributed by atoms with Gasteiger partial charge in [0.25, 0.3) is 0 Å². The first-order chi connectivity index (χ1) is 18.0. The van der Waals surface area contributed by atoms with Crippen molar-refractivity contribution in [2.75, 3.05) is 38.6 Å². The highest BCUT2D eigenvalue weighted by Crippen LogP contribution is 2.50. The Hall–Kier alpha value is -3.42. The lowest BCUT2D eigenvalue weighted by Gasteiger charge is -2.46. The van der Waals surface area contributed by atoms with Gasteiger partial charge in [0, 0.05) is 18.0 Å². The van der Waals surface area contributed by atoms with Crippen LogP contribution < -0.4 is 11.1 Å². The highest BCUT2D eigenvalue weighted by molar-refractivity contribution is 6.01. The van der Waals surface area contributed by atoms with E-state index < -0.39 is 0 Å². The molecule has 1 unspecified atom stereocenters. The second-order valence-electron chi connectivity index (χ2n) is 11.4. The summed E-state index contributed by atoms with van der Waals surface area (Å²) in [6.07, 6.45) is 12.2. The number of rotatable bonds is 6. The minimum atomic E-state index is -0.272. The number of anilines is 1. The molecule has 204 valence electrons. The molecule has 0 aliphatic carbocycles. The molecule has 4 rings (SSSR count). The molecule has 10 nitrogen and oxygen atoms in total. The number of guanidine groups is 1. The van der Waals surface area contributed by atoms with Gasteiger partial charge in [-0.2, -0.15) is 9.94 Å². The van der Waals surface area contributed by atoms with E-state index in [1.54, 1.807) is 12.3 Å². The molecule has 0 amide bonds. The van der Waals surface area contributed by atoms with E-state index in [0.29, 0.717) is 36.8 Å². The maximum Gasteiger partial charge on any atom is 0.493 e. The Morgan fingerprint density at radius 2 is 2.08 bits per heavy atom. The zero-order valence-electron chi connectivity index (χ0n) is 23.4. The van der Waals surface area contributed by atoms with Crippen molar-refractivity contribution in [2.45, 2.75) is 64.6 Å². The van der Waals surface area contributed by atoms with Crippen molar-refractivity contribution in [3.05, 3.63) is 53.6 Å². The van der Waals surface area contributed by atoms with Crippen LogP contribution in [0.3, 0.4) is 0 Å². The van der Waals surface area contributed by atoms with Gasteiger partial charge >= 0.3 is 5.96 Å². The van der Waals surface area contributed by atoms with Crippen LogP contribution >= 0.6 is 0 Å². The molecule has 0 radical (unpaired) electrons. The smallest absolute Gasteiger partial charge is 0.384 e. The molecule has 38 heavy (non-hydrogen) atoms. The third kappa shape index (κ3) is 6.00. The fourth-order valence-electron chi connectivity index (χ4n) is 5.53. The number of fused-ring (bicyclic) bond motifs is 1. The van der Waals surface area contributed by atoms with E-state index in [2.05, 4.69) is 69.4 Å². The number of aromatic nitrogens is 2. The maximum atomic E-state index is 6.26. The summed E-state index contributed by atoms with van der Waals surface area (Å²) in [6.45, 7) is 21.6. The highest BCUT2D eigenvalue weighted by Gasteiger charge is 2.54. The number of nitrogens with one attached hydrogen (secondary N) is 1. The van der Waals surface area contributed by atoms with Gasteiger partial charge in [-0.15, -0.1) is 0 Å². The van der Waals surface area contributed by atoms with Crippen molar-refractivity contribution < 1.29 is 4.74 Å². The van der Waals surface area contributed by atoms with E-state index in [9.17, 15) is 0 Å². The first kappa shape index (κ1) is 27.6. The van der Waals surface area contributed by atoms with E-state index in [1.807, 2.05) is 30.1 Å². The number of likely N-dealkylation sites (tertiary alicyclic amines) is 2. The second kappa shape index (κ2) is 11.1. The molecule has 1 aromatic heterocycles. The van der Waals surface area contributed by atoms with Gasteiger partial charge in [-0.05, 0) is 71.8 Å². The summed E-state index contributed by atoms with van der Waals surface area (Å²) in [5.41, 5.74) is 7.43. The van der Waals surface area contributed by atoms with E-state index in [1.165, 1.54) is 0 Å². The van der Waals surface area contributed by atoms with Crippen LogP contribution in [-0.2, 0) is 4.74 Å². The van der Waals surface area contributed by atoms with Gasteiger partial charge in [0.05, 0.1) is 30.6 Å². The number of hydrogen-bond acceptors (Lipinski definition) is 6. The minimum absolute atomic E-state index is 0.140. The van der Waals surface area contributed by atoms with E-state index in [0.717, 1.165) is 43.6 Å². The van der Waals surface area contributed by atoms with Gasteiger partial charge in [0.2, 0.25) is 0 Å². The van der Waals surface area contributed by atoms with Crippen LogP contribution in [0.15, 0.2) is 58.7 Å². The molecule has 3 aliphatic rings. The van der Waals surface area contributed by atoms with Crippen molar-refractivity contribution in [3.8, 4) is 6.57 Å². The van der Waals surface area contributed by atoms with Gasteiger partial charge < -0.3 is 20.3 Å². The molecule has 1 aromatic rings. The van der Waals surface area contributed by atoms with E-state index >= 15 is 0 Å². The van der Waals surface area contributed by atoms with E-state index in [4.69, 9.17) is 17.0 Å². The molecule has 3 aliphatic heterocycles. The van der Waals surface area contributed by atoms with Gasteiger partial charge in [0.15, 0.2) is 0 Å². The molecular formula is C28H42N9O+. The highest BCUT2D eigenvalue weighted by atomic mass is 16.5. The van der Waals surface area contributed by atoms with Crippen LogP contribution in [0, 0.1) is 12.0 Å². The summed E-state index contributed by atoms with van der Waals surface area (Å²) in [5, 5.41) is 7.76. The van der Waals surface area contributed by atoms with Gasteiger partial charge in [-0.3, -0.25) is 4.68 Å². The number of nitrogens with zero attached hydrogens (tertiary/aromatic N) is 7. The third-order valence-electron chi connectivity index (χ3n) is 7.95. The van der Waals surface area contributed by atoms with Crippen LogP contribution in [0.2, 0.25) is 0 Å². The quantitative estimate of drug-likeness (QED) is 0.433. The molecular weight excluding hydrogens is 478 g/mol. The average Bonchev–Trinajstić information content (AvgIpc) is 3.44. The monoisotopic (exact) mass is 520 g/mol. The Kier molecular flexibility index (Phi) is 8.09. The molecule has 0 spiro atoms. The lowest BCUT2D eigenvalue weighted by molar-refractivity contribution is -0.117. The Morgan fingerprint density at radius 3 is 2.76 bits per heavy atom. The molecule has 3 saturated heterocycles. The average molecular weight is 521 g/mol. The predicted molar refractivity (Wildman–Crippen MR) is 154 cm³/mol. The SMILES string of the molecule is C#[N+]C(=N/C=C1\CN(C(=C)/N=C(N)\C=C/C)[C@H]2CC(C)(C)OCC12C)Nc1cnn(C2CCN(C)CC2)c1. The summed E-state index contributed by atoms with van der Waals surface area (Å²) in [6, 6.07) is 0.537. The molecule has 2 atom stereocenters. The van der Waals surface area contributed by atoms with Crippen molar-refractivity contribution in [1.82, 2.24) is 19.6 Å². The molecule has 4 heterocycles. The fourth-order valence-corrected chi connectivity index (χ4v) is 5.53. The molecule has 0 bridgehead atoms. The molecule has 3 fully saturated rings. The minimum Gasteiger partial charge on any atom is -0.384 e. The Bertz CT molecular complexity index is 1190. The lowest BCUT2D eigenvalue weighted by Crippen LogP contribution is -2.51. The van der Waals surface area contributed by atoms with Crippen molar-refractivity contribution >= 4 is 17.5 Å². The number of nitrogens with two attached hydrogens (primary N) is 1. The Morgan fingerprint density at radius 1 is 1.34 bits per heavy atom. The standard InChI is InChI=1S/C28H42N9O/c1-8-9-25(29)33-20(2)36-17-21(28(5)19-38-27(3,4)14-24(28)36)15-31-26(30-6)34-22-16-32-37(18-22)23-10-12-35(7)13-11-23/h6,8-9,15-16,18,23-24H,2,10-14,17,19H2,1,3-5,7H3,(H2,29,33)(H,31,34)/q+1/b9-8-,21-15+/t24-,28?/m0/s1. The summed E-state index contributed by atoms with van der Waals surface area (Å²) in [7, 11) is 2.15. The third-order valence-corrected chi connectivity index (χ3v) is 7.95. The van der Waals surface area contributed by atoms with E-state index in [-0.39, 0.29) is 17.1 Å². The molecule has 10 heteroatoms. The Labute approximate surface area is 226 Å². The second-order valence-corrected chi connectivity index (χ2v) is 11.4.